The van der Waals surface area contributed by atoms with E-state index in [4.69, 9.17) is 0 Å². The van der Waals surface area contributed by atoms with Crippen molar-refractivity contribution >= 4 is 11.6 Å². The molecule has 0 amide bonds. The van der Waals surface area contributed by atoms with Crippen molar-refractivity contribution in [2.24, 2.45) is 4.99 Å². The molecular formula is C16H25FN4. The average molecular weight is 292 g/mol. The summed E-state index contributed by atoms with van der Waals surface area (Å²) in [6.45, 7) is 5.53. The second-order valence-electron chi connectivity index (χ2n) is 5.54. The maximum absolute atomic E-state index is 14.0. The summed E-state index contributed by atoms with van der Waals surface area (Å²) in [6.07, 6.45) is 2.44. The highest BCUT2D eigenvalue weighted by molar-refractivity contribution is 5.80. The van der Waals surface area contributed by atoms with Gasteiger partial charge >= 0.3 is 0 Å². The summed E-state index contributed by atoms with van der Waals surface area (Å²) in [5.74, 6) is 0.742. The van der Waals surface area contributed by atoms with Gasteiger partial charge in [-0.05, 0) is 37.5 Å². The molecule has 1 fully saturated rings. The predicted molar refractivity (Wildman–Crippen MR) is 86.3 cm³/mol. The minimum absolute atomic E-state index is 0.195. The van der Waals surface area contributed by atoms with E-state index < -0.39 is 0 Å². The van der Waals surface area contributed by atoms with Gasteiger partial charge in [-0.2, -0.15) is 0 Å². The standard InChI is InChI=1S/C16H25FN4/c1-4-18-16(21-9-5-6-10-21)19-12-13-7-8-15(20(2)3)14(17)11-13/h7-8,11H,4-6,9-10,12H2,1-3H3,(H,18,19). The zero-order valence-electron chi connectivity index (χ0n) is 13.2. The molecule has 2 rings (SSSR count). The molecule has 1 heterocycles. The molecule has 1 aliphatic rings. The monoisotopic (exact) mass is 292 g/mol. The van der Waals surface area contributed by atoms with Crippen LogP contribution in [0.4, 0.5) is 10.1 Å². The van der Waals surface area contributed by atoms with Crippen LogP contribution in [0.15, 0.2) is 23.2 Å². The third kappa shape index (κ3) is 4.09. The Bertz CT molecular complexity index is 493. The quantitative estimate of drug-likeness (QED) is 0.683. The van der Waals surface area contributed by atoms with Crippen LogP contribution in [-0.4, -0.2) is 44.6 Å². The number of anilines is 1. The van der Waals surface area contributed by atoms with Crippen molar-refractivity contribution in [3.05, 3.63) is 29.6 Å². The lowest BCUT2D eigenvalue weighted by Crippen LogP contribution is -2.39. The van der Waals surface area contributed by atoms with Crippen LogP contribution in [0.3, 0.4) is 0 Å². The molecule has 1 aliphatic heterocycles. The number of guanidine groups is 1. The molecule has 0 spiro atoms. The topological polar surface area (TPSA) is 30.9 Å². The molecule has 0 radical (unpaired) electrons. The molecule has 1 N–H and O–H groups in total. The number of nitrogens with one attached hydrogen (secondary N) is 1. The third-order valence-electron chi connectivity index (χ3n) is 3.65. The van der Waals surface area contributed by atoms with Gasteiger partial charge in [0, 0.05) is 33.7 Å². The average Bonchev–Trinajstić information content (AvgIpc) is 2.97. The van der Waals surface area contributed by atoms with Crippen molar-refractivity contribution in [1.82, 2.24) is 10.2 Å². The van der Waals surface area contributed by atoms with Gasteiger partial charge in [0.05, 0.1) is 12.2 Å². The van der Waals surface area contributed by atoms with Gasteiger partial charge in [0.15, 0.2) is 5.96 Å². The van der Waals surface area contributed by atoms with E-state index >= 15 is 0 Å². The van der Waals surface area contributed by atoms with E-state index in [0.29, 0.717) is 12.2 Å². The van der Waals surface area contributed by atoms with Crippen molar-refractivity contribution in [3.8, 4) is 0 Å². The van der Waals surface area contributed by atoms with E-state index in [-0.39, 0.29) is 5.82 Å². The molecule has 4 nitrogen and oxygen atoms in total. The lowest BCUT2D eigenvalue weighted by atomic mass is 10.2. The summed E-state index contributed by atoms with van der Waals surface area (Å²) in [7, 11) is 3.68. The maximum atomic E-state index is 14.0. The predicted octanol–water partition coefficient (Wildman–Crippen LogP) is 2.45. The van der Waals surface area contributed by atoms with Crippen LogP contribution in [0, 0.1) is 5.82 Å². The highest BCUT2D eigenvalue weighted by Gasteiger charge is 2.15. The van der Waals surface area contributed by atoms with Gasteiger partial charge in [-0.1, -0.05) is 6.07 Å². The Balaban J connectivity index is 2.08. The lowest BCUT2D eigenvalue weighted by Gasteiger charge is -2.20. The second-order valence-corrected chi connectivity index (χ2v) is 5.54. The number of nitrogens with zero attached hydrogens (tertiary/aromatic N) is 3. The van der Waals surface area contributed by atoms with Gasteiger partial charge in [0.25, 0.3) is 0 Å². The molecular weight excluding hydrogens is 267 g/mol. The fraction of sp³-hybridized carbons (Fsp3) is 0.562. The Kier molecular flexibility index (Phi) is 5.42. The first-order chi connectivity index (χ1) is 10.1. The normalized spacial score (nSPS) is 15.4. The zero-order valence-corrected chi connectivity index (χ0v) is 13.2. The van der Waals surface area contributed by atoms with Crippen LogP contribution in [0.2, 0.25) is 0 Å². The summed E-state index contributed by atoms with van der Waals surface area (Å²) in [5.41, 5.74) is 1.50. The molecule has 0 atom stereocenters. The van der Waals surface area contributed by atoms with Gasteiger partial charge in [0.2, 0.25) is 0 Å². The third-order valence-corrected chi connectivity index (χ3v) is 3.65. The van der Waals surface area contributed by atoms with Crippen LogP contribution >= 0.6 is 0 Å². The van der Waals surface area contributed by atoms with Crippen molar-refractivity contribution in [2.75, 3.05) is 38.6 Å². The molecule has 116 valence electrons. The molecule has 0 saturated carbocycles. The van der Waals surface area contributed by atoms with Gasteiger partial charge < -0.3 is 15.1 Å². The minimum atomic E-state index is -0.195. The number of hydrogen-bond acceptors (Lipinski definition) is 2. The van der Waals surface area contributed by atoms with Crippen LogP contribution in [0.1, 0.15) is 25.3 Å². The van der Waals surface area contributed by atoms with Gasteiger partial charge in [0.1, 0.15) is 5.82 Å². The van der Waals surface area contributed by atoms with Crippen molar-refractivity contribution in [2.45, 2.75) is 26.3 Å². The van der Waals surface area contributed by atoms with Crippen LogP contribution in [0.25, 0.3) is 0 Å². The number of halogens is 1. The van der Waals surface area contributed by atoms with E-state index in [0.717, 1.165) is 31.2 Å². The second kappa shape index (κ2) is 7.29. The molecule has 1 aromatic rings. The Morgan fingerprint density at radius 3 is 2.62 bits per heavy atom. The fourth-order valence-corrected chi connectivity index (χ4v) is 2.53. The summed E-state index contributed by atoms with van der Waals surface area (Å²) in [6, 6.07) is 5.32. The molecule has 1 saturated heterocycles. The molecule has 0 unspecified atom stereocenters. The largest absolute Gasteiger partial charge is 0.375 e. The summed E-state index contributed by atoms with van der Waals surface area (Å²) < 4.78 is 14.0. The van der Waals surface area contributed by atoms with E-state index in [9.17, 15) is 4.39 Å². The first-order valence-electron chi connectivity index (χ1n) is 7.61. The minimum Gasteiger partial charge on any atom is -0.375 e. The van der Waals surface area contributed by atoms with Crippen molar-refractivity contribution in [3.63, 3.8) is 0 Å². The fourth-order valence-electron chi connectivity index (χ4n) is 2.53. The zero-order chi connectivity index (χ0) is 15.2. The first kappa shape index (κ1) is 15.6. The summed E-state index contributed by atoms with van der Waals surface area (Å²) in [4.78, 5) is 8.68. The number of aliphatic imine (C=N–C) groups is 1. The Morgan fingerprint density at radius 1 is 1.33 bits per heavy atom. The number of rotatable bonds is 4. The maximum Gasteiger partial charge on any atom is 0.194 e. The lowest BCUT2D eigenvalue weighted by molar-refractivity contribution is 0.493. The van der Waals surface area contributed by atoms with Gasteiger partial charge in [-0.3, -0.25) is 0 Å². The smallest absolute Gasteiger partial charge is 0.194 e. The van der Waals surface area contributed by atoms with E-state index in [2.05, 4.69) is 22.1 Å². The number of benzene rings is 1. The van der Waals surface area contributed by atoms with Crippen LogP contribution in [0.5, 0.6) is 0 Å². The van der Waals surface area contributed by atoms with Gasteiger partial charge in [-0.15, -0.1) is 0 Å². The highest BCUT2D eigenvalue weighted by atomic mass is 19.1. The van der Waals surface area contributed by atoms with E-state index in [1.165, 1.54) is 12.8 Å². The van der Waals surface area contributed by atoms with E-state index in [1.807, 2.05) is 26.2 Å². The van der Waals surface area contributed by atoms with Crippen LogP contribution in [-0.2, 0) is 6.54 Å². The van der Waals surface area contributed by atoms with Crippen LogP contribution < -0.4 is 10.2 Å². The number of hydrogen-bond donors (Lipinski definition) is 1. The first-order valence-corrected chi connectivity index (χ1v) is 7.61. The van der Waals surface area contributed by atoms with Crippen molar-refractivity contribution in [1.29, 1.82) is 0 Å². The molecule has 0 bridgehead atoms. The molecule has 5 heteroatoms. The van der Waals surface area contributed by atoms with Gasteiger partial charge in [-0.25, -0.2) is 9.38 Å². The van der Waals surface area contributed by atoms with Crippen molar-refractivity contribution < 1.29 is 4.39 Å². The Morgan fingerprint density at radius 2 is 2.05 bits per heavy atom. The SMILES string of the molecule is CCNC(=NCc1ccc(N(C)C)c(F)c1)N1CCCC1. The Labute approximate surface area is 126 Å². The Hall–Kier alpha value is -1.78. The highest BCUT2D eigenvalue weighted by Crippen LogP contribution is 2.19. The molecule has 1 aromatic carbocycles. The number of likely N-dealkylation sites (tertiary alicyclic amines) is 1. The van der Waals surface area contributed by atoms with E-state index in [1.54, 1.807) is 11.0 Å². The molecule has 0 aliphatic carbocycles. The summed E-state index contributed by atoms with van der Waals surface area (Å²) in [5, 5.41) is 3.31. The summed E-state index contributed by atoms with van der Waals surface area (Å²) >= 11 is 0. The molecule has 0 aromatic heterocycles. The molecule has 21 heavy (non-hydrogen) atoms.